The zero-order valence-electron chi connectivity index (χ0n) is 14.3. The Morgan fingerprint density at radius 1 is 1.25 bits per heavy atom. The van der Waals surface area contributed by atoms with Gasteiger partial charge in [0.05, 0.1) is 6.10 Å². The van der Waals surface area contributed by atoms with Crippen molar-refractivity contribution in [1.29, 1.82) is 0 Å². The monoisotopic (exact) mass is 327 g/mol. The standard InChI is InChI=1S/C19H25N3O2/c1-22-13-12-20-18(22)17(14-6-4-3-5-7-14)21-19(23)15-8-10-16(24-2)11-9-15/h3-7,12-13,15-17H,8-11H2,1-2H3,(H,21,23)/t15?,16?,17-/m1/s1. The largest absolute Gasteiger partial charge is 0.381 e. The number of nitrogens with one attached hydrogen (secondary N) is 1. The number of hydrogen-bond donors (Lipinski definition) is 1. The highest BCUT2D eigenvalue weighted by atomic mass is 16.5. The van der Waals surface area contributed by atoms with Crippen LogP contribution in [0.15, 0.2) is 42.7 Å². The maximum atomic E-state index is 12.8. The van der Waals surface area contributed by atoms with Gasteiger partial charge in [0.15, 0.2) is 0 Å². The summed E-state index contributed by atoms with van der Waals surface area (Å²) in [7, 11) is 3.70. The Labute approximate surface area is 143 Å². The summed E-state index contributed by atoms with van der Waals surface area (Å²) < 4.78 is 7.36. The summed E-state index contributed by atoms with van der Waals surface area (Å²) in [5, 5.41) is 3.22. The minimum Gasteiger partial charge on any atom is -0.381 e. The predicted octanol–water partition coefficient (Wildman–Crippen LogP) is 2.83. The normalized spacial score (nSPS) is 22.1. The van der Waals surface area contributed by atoms with E-state index in [0.29, 0.717) is 6.10 Å². The highest BCUT2D eigenvalue weighted by Crippen LogP contribution is 2.28. The summed E-state index contributed by atoms with van der Waals surface area (Å²) in [6, 6.07) is 9.79. The quantitative estimate of drug-likeness (QED) is 0.919. The van der Waals surface area contributed by atoms with Crippen LogP contribution >= 0.6 is 0 Å². The fourth-order valence-corrected chi connectivity index (χ4v) is 3.42. The van der Waals surface area contributed by atoms with E-state index in [0.717, 1.165) is 37.1 Å². The molecule has 0 unspecified atom stereocenters. The van der Waals surface area contributed by atoms with Gasteiger partial charge in [-0.05, 0) is 31.2 Å². The lowest BCUT2D eigenvalue weighted by Gasteiger charge is -2.28. The van der Waals surface area contributed by atoms with Gasteiger partial charge in [0.2, 0.25) is 5.91 Å². The lowest BCUT2D eigenvalue weighted by molar-refractivity contribution is -0.127. The van der Waals surface area contributed by atoms with Gasteiger partial charge in [-0.3, -0.25) is 4.79 Å². The average Bonchev–Trinajstić information content (AvgIpc) is 3.06. The summed E-state index contributed by atoms with van der Waals surface area (Å²) in [5.41, 5.74) is 1.05. The second kappa shape index (κ2) is 7.62. The van der Waals surface area contributed by atoms with Crippen molar-refractivity contribution in [3.05, 3.63) is 54.1 Å². The first kappa shape index (κ1) is 16.7. The first-order valence-corrected chi connectivity index (χ1v) is 8.54. The van der Waals surface area contributed by atoms with Crippen LogP contribution in [0.1, 0.15) is 43.1 Å². The Bertz CT molecular complexity index is 660. The number of ether oxygens (including phenoxy) is 1. The molecule has 128 valence electrons. The number of aromatic nitrogens is 2. The Balaban J connectivity index is 1.75. The van der Waals surface area contributed by atoms with Gasteiger partial charge in [0.25, 0.3) is 0 Å². The van der Waals surface area contributed by atoms with Gasteiger partial charge in [-0.1, -0.05) is 30.3 Å². The zero-order chi connectivity index (χ0) is 16.9. The van der Waals surface area contributed by atoms with Crippen molar-refractivity contribution >= 4 is 5.91 Å². The van der Waals surface area contributed by atoms with E-state index in [1.54, 1.807) is 13.3 Å². The first-order valence-electron chi connectivity index (χ1n) is 8.54. The van der Waals surface area contributed by atoms with Crippen LogP contribution in [-0.4, -0.2) is 28.7 Å². The number of carbonyl (C=O) groups is 1. The second-order valence-corrected chi connectivity index (χ2v) is 6.46. The van der Waals surface area contributed by atoms with Gasteiger partial charge >= 0.3 is 0 Å². The van der Waals surface area contributed by atoms with Crippen molar-refractivity contribution in [2.75, 3.05) is 7.11 Å². The van der Waals surface area contributed by atoms with Crippen molar-refractivity contribution in [2.24, 2.45) is 13.0 Å². The number of nitrogens with zero attached hydrogens (tertiary/aromatic N) is 2. The number of methoxy groups -OCH3 is 1. The lowest BCUT2D eigenvalue weighted by Crippen LogP contribution is -2.38. The molecular weight excluding hydrogens is 302 g/mol. The molecule has 1 aliphatic carbocycles. The number of carbonyl (C=O) groups excluding carboxylic acids is 1. The maximum Gasteiger partial charge on any atom is 0.223 e. The van der Waals surface area contributed by atoms with Crippen molar-refractivity contribution in [1.82, 2.24) is 14.9 Å². The van der Waals surface area contributed by atoms with Crippen LogP contribution in [0.3, 0.4) is 0 Å². The van der Waals surface area contributed by atoms with Gasteiger partial charge in [-0.25, -0.2) is 4.98 Å². The third-order valence-corrected chi connectivity index (χ3v) is 4.91. The van der Waals surface area contributed by atoms with Crippen LogP contribution in [0.4, 0.5) is 0 Å². The predicted molar refractivity (Wildman–Crippen MR) is 92.4 cm³/mol. The van der Waals surface area contributed by atoms with E-state index in [1.165, 1.54) is 0 Å². The van der Waals surface area contributed by atoms with Crippen molar-refractivity contribution in [3.63, 3.8) is 0 Å². The van der Waals surface area contributed by atoms with Crippen LogP contribution < -0.4 is 5.32 Å². The molecule has 1 aromatic heterocycles. The minimum absolute atomic E-state index is 0.0582. The lowest BCUT2D eigenvalue weighted by atomic mass is 9.86. The number of imidazole rings is 1. The number of benzene rings is 1. The molecule has 24 heavy (non-hydrogen) atoms. The molecule has 0 radical (unpaired) electrons. The molecule has 1 aromatic carbocycles. The van der Waals surface area contributed by atoms with Crippen molar-refractivity contribution in [2.45, 2.75) is 37.8 Å². The molecule has 0 spiro atoms. The number of hydrogen-bond acceptors (Lipinski definition) is 3. The summed E-state index contributed by atoms with van der Waals surface area (Å²) in [5.74, 6) is 1.02. The van der Waals surface area contributed by atoms with E-state index in [1.807, 2.05) is 48.1 Å². The van der Waals surface area contributed by atoms with E-state index in [2.05, 4.69) is 10.3 Å². The molecule has 5 nitrogen and oxygen atoms in total. The van der Waals surface area contributed by atoms with E-state index < -0.39 is 0 Å². The number of rotatable bonds is 5. The average molecular weight is 327 g/mol. The fourth-order valence-electron chi connectivity index (χ4n) is 3.42. The van der Waals surface area contributed by atoms with Crippen LogP contribution in [-0.2, 0) is 16.6 Å². The van der Waals surface area contributed by atoms with E-state index >= 15 is 0 Å². The highest BCUT2D eigenvalue weighted by Gasteiger charge is 2.29. The second-order valence-electron chi connectivity index (χ2n) is 6.46. The maximum absolute atomic E-state index is 12.8. The number of amides is 1. The Morgan fingerprint density at radius 2 is 1.96 bits per heavy atom. The Morgan fingerprint density at radius 3 is 2.54 bits per heavy atom. The third-order valence-electron chi connectivity index (χ3n) is 4.91. The summed E-state index contributed by atoms with van der Waals surface area (Å²) in [6.45, 7) is 0. The molecule has 1 fully saturated rings. The summed E-state index contributed by atoms with van der Waals surface area (Å²) in [4.78, 5) is 17.2. The Hall–Kier alpha value is -2.14. The van der Waals surface area contributed by atoms with Crippen LogP contribution in [0.2, 0.25) is 0 Å². The summed E-state index contributed by atoms with van der Waals surface area (Å²) >= 11 is 0. The SMILES string of the molecule is COC1CCC(C(=O)N[C@H](c2ccccc2)c2nccn2C)CC1. The molecule has 3 rings (SSSR count). The van der Waals surface area contributed by atoms with Gasteiger partial charge in [0, 0.05) is 32.5 Å². The van der Waals surface area contributed by atoms with Crippen LogP contribution in [0.25, 0.3) is 0 Å². The molecule has 1 aliphatic rings. The smallest absolute Gasteiger partial charge is 0.223 e. The molecule has 1 amide bonds. The van der Waals surface area contributed by atoms with Gasteiger partial charge in [-0.15, -0.1) is 0 Å². The van der Waals surface area contributed by atoms with Crippen molar-refractivity contribution < 1.29 is 9.53 Å². The van der Waals surface area contributed by atoms with Gasteiger partial charge in [0.1, 0.15) is 11.9 Å². The fraction of sp³-hybridized carbons (Fsp3) is 0.474. The minimum atomic E-state index is -0.223. The topological polar surface area (TPSA) is 56.1 Å². The summed E-state index contributed by atoms with van der Waals surface area (Å²) in [6.07, 6.45) is 7.63. The third kappa shape index (κ3) is 3.67. The Kier molecular flexibility index (Phi) is 5.30. The van der Waals surface area contributed by atoms with E-state index in [9.17, 15) is 4.79 Å². The molecule has 0 bridgehead atoms. The number of aryl methyl sites for hydroxylation is 1. The van der Waals surface area contributed by atoms with Crippen molar-refractivity contribution in [3.8, 4) is 0 Å². The zero-order valence-corrected chi connectivity index (χ0v) is 14.3. The first-order chi connectivity index (χ1) is 11.7. The molecule has 2 aromatic rings. The molecule has 1 heterocycles. The molecule has 1 saturated carbocycles. The molecule has 1 N–H and O–H groups in total. The van der Waals surface area contributed by atoms with Crippen LogP contribution in [0.5, 0.6) is 0 Å². The molecular formula is C19H25N3O2. The highest BCUT2D eigenvalue weighted by molar-refractivity contribution is 5.79. The molecule has 5 heteroatoms. The van der Waals surface area contributed by atoms with E-state index in [4.69, 9.17) is 4.74 Å². The molecule has 1 atom stereocenters. The van der Waals surface area contributed by atoms with Crippen LogP contribution in [0, 0.1) is 5.92 Å². The molecule has 0 saturated heterocycles. The van der Waals surface area contributed by atoms with Gasteiger partial charge in [-0.2, -0.15) is 0 Å². The van der Waals surface area contributed by atoms with Gasteiger partial charge < -0.3 is 14.6 Å². The molecule has 0 aliphatic heterocycles. The van der Waals surface area contributed by atoms with E-state index in [-0.39, 0.29) is 17.9 Å².